The van der Waals surface area contributed by atoms with Gasteiger partial charge in [-0.1, -0.05) is 48.5 Å². The van der Waals surface area contributed by atoms with Crippen molar-refractivity contribution in [3.8, 4) is 0 Å². The zero-order chi connectivity index (χ0) is 14.6. The number of alkyl halides is 3. The second-order valence-corrected chi connectivity index (χ2v) is 4.61. The summed E-state index contributed by atoms with van der Waals surface area (Å²) < 4.78 is 39.0. The minimum Gasteiger partial charge on any atom is -0.313 e. The van der Waals surface area contributed by atoms with Gasteiger partial charge in [0, 0.05) is 6.04 Å². The van der Waals surface area contributed by atoms with Crippen molar-refractivity contribution >= 4 is 0 Å². The van der Waals surface area contributed by atoms with E-state index < -0.39 is 11.7 Å². The molecule has 0 fully saturated rings. The minimum atomic E-state index is -4.31. The summed E-state index contributed by atoms with van der Waals surface area (Å²) in [5, 5.41) is 3.08. The number of rotatable bonds is 4. The Morgan fingerprint density at radius 3 is 2.15 bits per heavy atom. The van der Waals surface area contributed by atoms with Gasteiger partial charge in [-0.05, 0) is 30.7 Å². The largest absolute Gasteiger partial charge is 0.416 e. The van der Waals surface area contributed by atoms with Crippen LogP contribution in [-0.2, 0) is 12.6 Å². The first kappa shape index (κ1) is 14.6. The highest BCUT2D eigenvalue weighted by atomic mass is 19.4. The quantitative estimate of drug-likeness (QED) is 0.884. The third-order valence-corrected chi connectivity index (χ3v) is 3.30. The molecule has 4 heteroatoms. The summed E-state index contributed by atoms with van der Waals surface area (Å²) in [4.78, 5) is 0. The van der Waals surface area contributed by atoms with E-state index in [2.05, 4.69) is 5.32 Å². The van der Waals surface area contributed by atoms with Gasteiger partial charge in [-0.15, -0.1) is 0 Å². The molecule has 0 aliphatic rings. The van der Waals surface area contributed by atoms with E-state index in [1.165, 1.54) is 12.1 Å². The number of nitrogens with one attached hydrogen (secondary N) is 1. The molecule has 106 valence electrons. The van der Waals surface area contributed by atoms with E-state index in [9.17, 15) is 13.2 Å². The van der Waals surface area contributed by atoms with Gasteiger partial charge in [-0.2, -0.15) is 13.2 Å². The molecular formula is C16H16F3N. The average Bonchev–Trinajstić information content (AvgIpc) is 2.45. The molecule has 1 nitrogen and oxygen atoms in total. The van der Waals surface area contributed by atoms with Gasteiger partial charge in [0.2, 0.25) is 0 Å². The number of benzene rings is 2. The zero-order valence-corrected chi connectivity index (χ0v) is 11.1. The monoisotopic (exact) mass is 279 g/mol. The maximum atomic E-state index is 13.0. The summed E-state index contributed by atoms with van der Waals surface area (Å²) in [5.41, 5.74) is 0.728. The molecule has 0 bridgehead atoms. The van der Waals surface area contributed by atoms with Crippen LogP contribution >= 0.6 is 0 Å². The lowest BCUT2D eigenvalue weighted by Crippen LogP contribution is -2.20. The number of hydrogen-bond acceptors (Lipinski definition) is 1. The molecule has 0 radical (unpaired) electrons. The van der Waals surface area contributed by atoms with Gasteiger partial charge in [-0.3, -0.25) is 0 Å². The van der Waals surface area contributed by atoms with Gasteiger partial charge >= 0.3 is 6.18 Å². The van der Waals surface area contributed by atoms with Crippen LogP contribution in [0, 0.1) is 0 Å². The SMILES string of the molecule is CNC(Cc1ccccc1C(F)(F)F)c1ccccc1. The fourth-order valence-electron chi connectivity index (χ4n) is 2.27. The van der Waals surface area contributed by atoms with Crippen LogP contribution in [0.4, 0.5) is 13.2 Å². The molecule has 0 saturated heterocycles. The lowest BCUT2D eigenvalue weighted by atomic mass is 9.95. The Kier molecular flexibility index (Phi) is 4.45. The summed E-state index contributed by atoms with van der Waals surface area (Å²) in [5.74, 6) is 0. The van der Waals surface area contributed by atoms with Crippen LogP contribution < -0.4 is 5.32 Å². The summed E-state index contributed by atoms with van der Waals surface area (Å²) >= 11 is 0. The third kappa shape index (κ3) is 3.39. The molecule has 0 heterocycles. The van der Waals surface area contributed by atoms with Gasteiger partial charge in [0.05, 0.1) is 5.56 Å². The Morgan fingerprint density at radius 1 is 0.950 bits per heavy atom. The van der Waals surface area contributed by atoms with Gasteiger partial charge in [0.15, 0.2) is 0 Å². The van der Waals surface area contributed by atoms with Crippen molar-refractivity contribution in [1.29, 1.82) is 0 Å². The molecule has 1 unspecified atom stereocenters. The molecule has 0 aliphatic heterocycles. The highest BCUT2D eigenvalue weighted by Gasteiger charge is 2.33. The Balaban J connectivity index is 2.29. The van der Waals surface area contributed by atoms with Gasteiger partial charge in [-0.25, -0.2) is 0 Å². The third-order valence-electron chi connectivity index (χ3n) is 3.30. The fraction of sp³-hybridized carbons (Fsp3) is 0.250. The van der Waals surface area contributed by atoms with Gasteiger partial charge in [0.25, 0.3) is 0 Å². The summed E-state index contributed by atoms with van der Waals surface area (Å²) in [6.45, 7) is 0. The van der Waals surface area contributed by atoms with Crippen LogP contribution in [0.15, 0.2) is 54.6 Å². The number of halogens is 3. The Morgan fingerprint density at radius 2 is 1.55 bits per heavy atom. The standard InChI is InChI=1S/C16H16F3N/c1-20-15(12-7-3-2-4-8-12)11-13-9-5-6-10-14(13)16(17,18)19/h2-10,15,20H,11H2,1H3. The second kappa shape index (κ2) is 6.09. The predicted octanol–water partition coefficient (Wildman–Crippen LogP) is 4.21. The average molecular weight is 279 g/mol. The molecule has 0 spiro atoms. The van der Waals surface area contributed by atoms with Crippen molar-refractivity contribution < 1.29 is 13.2 Å². The molecule has 0 aromatic heterocycles. The highest BCUT2D eigenvalue weighted by molar-refractivity contribution is 5.32. The molecular weight excluding hydrogens is 263 g/mol. The molecule has 0 saturated carbocycles. The molecule has 2 aromatic rings. The molecule has 1 N–H and O–H groups in total. The normalized spacial score (nSPS) is 13.2. The first-order valence-electron chi connectivity index (χ1n) is 6.39. The van der Waals surface area contributed by atoms with E-state index in [-0.39, 0.29) is 6.04 Å². The Hall–Kier alpha value is -1.81. The maximum Gasteiger partial charge on any atom is 0.416 e. The lowest BCUT2D eigenvalue weighted by molar-refractivity contribution is -0.138. The number of likely N-dealkylation sites (N-methyl/N-ethyl adjacent to an activating group) is 1. The van der Waals surface area contributed by atoms with Gasteiger partial charge in [0.1, 0.15) is 0 Å². The molecule has 20 heavy (non-hydrogen) atoms. The summed E-state index contributed by atoms with van der Waals surface area (Å²) in [6.07, 6.45) is -4.01. The van der Waals surface area contributed by atoms with Crippen LogP contribution in [0.3, 0.4) is 0 Å². The van der Waals surface area contributed by atoms with Crippen molar-refractivity contribution in [2.24, 2.45) is 0 Å². The molecule has 0 aliphatic carbocycles. The highest BCUT2D eigenvalue weighted by Crippen LogP contribution is 2.33. The van der Waals surface area contributed by atoms with Gasteiger partial charge < -0.3 is 5.32 Å². The zero-order valence-electron chi connectivity index (χ0n) is 11.1. The minimum absolute atomic E-state index is 0.139. The second-order valence-electron chi connectivity index (χ2n) is 4.61. The summed E-state index contributed by atoms with van der Waals surface area (Å²) in [7, 11) is 1.76. The Bertz CT molecular complexity index is 549. The predicted molar refractivity (Wildman–Crippen MR) is 73.4 cm³/mol. The topological polar surface area (TPSA) is 12.0 Å². The van der Waals surface area contributed by atoms with E-state index in [1.54, 1.807) is 13.1 Å². The Labute approximate surface area is 116 Å². The molecule has 2 rings (SSSR count). The maximum absolute atomic E-state index is 13.0. The first-order valence-corrected chi connectivity index (χ1v) is 6.39. The van der Waals surface area contributed by atoms with Crippen molar-refractivity contribution in [2.45, 2.75) is 18.6 Å². The first-order chi connectivity index (χ1) is 9.52. The van der Waals surface area contributed by atoms with Crippen LogP contribution in [0.25, 0.3) is 0 Å². The van der Waals surface area contributed by atoms with Crippen molar-refractivity contribution in [3.05, 3.63) is 71.3 Å². The van der Waals surface area contributed by atoms with Crippen molar-refractivity contribution in [2.75, 3.05) is 7.05 Å². The van der Waals surface area contributed by atoms with E-state index in [1.807, 2.05) is 30.3 Å². The van der Waals surface area contributed by atoms with E-state index >= 15 is 0 Å². The molecule has 2 aromatic carbocycles. The van der Waals surface area contributed by atoms with Crippen LogP contribution in [0.2, 0.25) is 0 Å². The summed E-state index contributed by atoms with van der Waals surface area (Å²) in [6, 6.07) is 15.1. The smallest absolute Gasteiger partial charge is 0.313 e. The van der Waals surface area contributed by atoms with Crippen LogP contribution in [0.1, 0.15) is 22.7 Å². The van der Waals surface area contributed by atoms with Crippen molar-refractivity contribution in [1.82, 2.24) is 5.32 Å². The fourth-order valence-corrected chi connectivity index (χ4v) is 2.27. The molecule has 1 atom stereocenters. The van der Waals surface area contributed by atoms with Crippen LogP contribution in [0.5, 0.6) is 0 Å². The van der Waals surface area contributed by atoms with Crippen LogP contribution in [-0.4, -0.2) is 7.05 Å². The van der Waals surface area contributed by atoms with E-state index in [4.69, 9.17) is 0 Å². The van der Waals surface area contributed by atoms with E-state index in [0.717, 1.165) is 11.6 Å². The number of hydrogen-bond donors (Lipinski definition) is 1. The van der Waals surface area contributed by atoms with E-state index in [0.29, 0.717) is 12.0 Å². The molecule has 0 amide bonds. The van der Waals surface area contributed by atoms with Crippen molar-refractivity contribution in [3.63, 3.8) is 0 Å². The lowest BCUT2D eigenvalue weighted by Gasteiger charge is -2.19.